The molecule has 11 nitrogen and oxygen atoms in total. The summed E-state index contributed by atoms with van der Waals surface area (Å²) >= 11 is 1.74. The van der Waals surface area contributed by atoms with Crippen LogP contribution in [0.5, 0.6) is 5.75 Å². The fourth-order valence-corrected chi connectivity index (χ4v) is 8.43. The number of rotatable bonds is 8. The lowest BCUT2D eigenvalue weighted by Gasteiger charge is -2.33. The predicted molar refractivity (Wildman–Crippen MR) is 186 cm³/mol. The highest BCUT2D eigenvalue weighted by Crippen LogP contribution is 2.41. The number of aryl methyl sites for hydroxylation is 1. The SMILES string of the molecule is COC(=O)C(c1cc(N2CCC(c3cnc(N4CCC(c5sc6nnc(-c7ccccc7O)cc6c5C)CC4)nc3)CC2)no1)C(C)C. The average Bonchev–Trinajstić information content (AvgIpc) is 3.73. The fraction of sp³-hybridized carbons (Fsp3) is 0.444. The average molecular weight is 668 g/mol. The van der Waals surface area contributed by atoms with E-state index in [-0.39, 0.29) is 17.6 Å². The zero-order chi connectivity index (χ0) is 33.4. The maximum atomic E-state index is 12.3. The third-order valence-electron chi connectivity index (χ3n) is 9.96. The number of ether oxygens (including phenoxy) is 1. The minimum absolute atomic E-state index is 0.0474. The predicted octanol–water partition coefficient (Wildman–Crippen LogP) is 6.83. The lowest BCUT2D eigenvalue weighted by molar-refractivity contribution is -0.144. The van der Waals surface area contributed by atoms with Crippen molar-refractivity contribution in [2.75, 3.05) is 43.1 Å². The van der Waals surface area contributed by atoms with Gasteiger partial charge < -0.3 is 24.2 Å². The molecule has 4 aromatic heterocycles. The van der Waals surface area contributed by atoms with E-state index < -0.39 is 5.92 Å². The second-order valence-electron chi connectivity index (χ2n) is 13.2. The van der Waals surface area contributed by atoms with Crippen LogP contribution in [-0.2, 0) is 9.53 Å². The molecule has 2 saturated heterocycles. The summed E-state index contributed by atoms with van der Waals surface area (Å²) in [5.74, 6) is 2.44. The second kappa shape index (κ2) is 13.5. The molecule has 1 aromatic carbocycles. The van der Waals surface area contributed by atoms with Crippen LogP contribution in [0.25, 0.3) is 21.5 Å². The Bertz CT molecular complexity index is 1890. The largest absolute Gasteiger partial charge is 0.507 e. The molecule has 2 aliphatic rings. The minimum atomic E-state index is -0.462. The number of hydrogen-bond acceptors (Lipinski definition) is 12. The van der Waals surface area contributed by atoms with E-state index in [1.807, 2.05) is 50.5 Å². The Balaban J connectivity index is 0.946. The molecule has 0 saturated carbocycles. The number of phenols is 1. The van der Waals surface area contributed by atoms with E-state index in [2.05, 4.69) is 38.1 Å². The van der Waals surface area contributed by atoms with E-state index in [4.69, 9.17) is 19.2 Å². The van der Waals surface area contributed by atoms with Crippen molar-refractivity contribution in [1.82, 2.24) is 25.3 Å². The number of aromatic hydroxyl groups is 1. The van der Waals surface area contributed by atoms with Gasteiger partial charge in [0.15, 0.2) is 11.6 Å². The summed E-state index contributed by atoms with van der Waals surface area (Å²) in [4.78, 5) is 28.7. The summed E-state index contributed by atoms with van der Waals surface area (Å²) in [6.45, 7) is 9.62. The Labute approximate surface area is 284 Å². The minimum Gasteiger partial charge on any atom is -0.507 e. The number of carbonyl (C=O) groups excluding carboxylic acids is 1. The first-order valence-electron chi connectivity index (χ1n) is 16.7. The van der Waals surface area contributed by atoms with Crippen molar-refractivity contribution in [3.05, 3.63) is 70.6 Å². The molecule has 1 unspecified atom stereocenters. The highest BCUT2D eigenvalue weighted by Gasteiger charge is 2.31. The zero-order valence-electron chi connectivity index (χ0n) is 27.8. The number of nitrogens with zero attached hydrogens (tertiary/aromatic N) is 7. The maximum absolute atomic E-state index is 12.3. The molecule has 2 aliphatic heterocycles. The van der Waals surface area contributed by atoms with E-state index in [1.54, 1.807) is 17.4 Å². The van der Waals surface area contributed by atoms with Gasteiger partial charge in [-0.15, -0.1) is 21.5 Å². The van der Waals surface area contributed by atoms with Gasteiger partial charge in [0.25, 0.3) is 0 Å². The standard InChI is InChI=1S/C36H41N7O4S/c1-21(2)32(35(45)46-4)30-18-31(41-47-30)42-13-9-23(10-14-42)25-19-37-36(38-20-25)43-15-11-24(12-16-43)33-22(3)27-17-28(39-40-34(27)48-33)26-7-5-6-8-29(26)44/h5-8,17-21,23-24,32,44H,9-16H2,1-4H3. The van der Waals surface area contributed by atoms with Gasteiger partial charge in [-0.05, 0) is 79.7 Å². The molecule has 7 rings (SSSR count). The van der Waals surface area contributed by atoms with Crippen molar-refractivity contribution in [3.63, 3.8) is 0 Å². The fourth-order valence-electron chi connectivity index (χ4n) is 7.16. The number of hydrogen-bond donors (Lipinski definition) is 1. The molecule has 0 spiro atoms. The van der Waals surface area contributed by atoms with Gasteiger partial charge in [0, 0.05) is 60.5 Å². The monoisotopic (exact) mass is 667 g/mol. The first kappa shape index (κ1) is 32.0. The lowest BCUT2D eigenvalue weighted by Crippen LogP contribution is -2.34. The van der Waals surface area contributed by atoms with E-state index >= 15 is 0 Å². The van der Waals surface area contributed by atoms with Crippen LogP contribution in [-0.4, -0.2) is 69.7 Å². The number of aromatic nitrogens is 5. The second-order valence-corrected chi connectivity index (χ2v) is 14.3. The highest BCUT2D eigenvalue weighted by atomic mass is 32.1. The number of esters is 1. The number of anilines is 2. The highest BCUT2D eigenvalue weighted by molar-refractivity contribution is 7.18. The number of para-hydroxylation sites is 1. The van der Waals surface area contributed by atoms with E-state index in [1.165, 1.54) is 23.1 Å². The van der Waals surface area contributed by atoms with Gasteiger partial charge in [-0.3, -0.25) is 4.79 Å². The van der Waals surface area contributed by atoms with Gasteiger partial charge in [0.05, 0.1) is 12.8 Å². The van der Waals surface area contributed by atoms with Gasteiger partial charge in [0.2, 0.25) is 5.95 Å². The molecule has 48 heavy (non-hydrogen) atoms. The van der Waals surface area contributed by atoms with Crippen LogP contribution < -0.4 is 9.80 Å². The molecule has 0 bridgehead atoms. The van der Waals surface area contributed by atoms with E-state index in [9.17, 15) is 9.90 Å². The van der Waals surface area contributed by atoms with Crippen LogP contribution in [0.3, 0.4) is 0 Å². The topological polar surface area (TPSA) is 131 Å². The molecule has 0 aliphatic carbocycles. The maximum Gasteiger partial charge on any atom is 0.316 e. The lowest BCUT2D eigenvalue weighted by atomic mass is 9.91. The normalized spacial score (nSPS) is 16.9. The van der Waals surface area contributed by atoms with Crippen LogP contribution in [0, 0.1) is 12.8 Å². The Morgan fingerprint density at radius 3 is 2.35 bits per heavy atom. The van der Waals surface area contributed by atoms with Crippen molar-refractivity contribution in [1.29, 1.82) is 0 Å². The molecule has 1 atom stereocenters. The van der Waals surface area contributed by atoms with E-state index in [0.29, 0.717) is 28.9 Å². The van der Waals surface area contributed by atoms with Crippen molar-refractivity contribution in [2.45, 2.75) is 64.2 Å². The molecule has 12 heteroatoms. The molecule has 2 fully saturated rings. The van der Waals surface area contributed by atoms with Gasteiger partial charge in [0.1, 0.15) is 16.5 Å². The summed E-state index contributed by atoms with van der Waals surface area (Å²) in [6.07, 6.45) is 7.99. The zero-order valence-corrected chi connectivity index (χ0v) is 28.6. The van der Waals surface area contributed by atoms with Crippen LogP contribution in [0.1, 0.15) is 79.0 Å². The number of piperidine rings is 2. The molecule has 250 valence electrons. The van der Waals surface area contributed by atoms with Crippen molar-refractivity contribution < 1.29 is 19.2 Å². The molecule has 1 N–H and O–H groups in total. The Morgan fingerprint density at radius 1 is 0.979 bits per heavy atom. The van der Waals surface area contributed by atoms with Crippen LogP contribution in [0.4, 0.5) is 11.8 Å². The number of thiophene rings is 1. The van der Waals surface area contributed by atoms with Crippen LogP contribution >= 0.6 is 11.3 Å². The summed E-state index contributed by atoms with van der Waals surface area (Å²) in [7, 11) is 1.40. The first-order valence-corrected chi connectivity index (χ1v) is 17.5. The van der Waals surface area contributed by atoms with Gasteiger partial charge in [-0.1, -0.05) is 31.1 Å². The Hall–Kier alpha value is -4.58. The summed E-state index contributed by atoms with van der Waals surface area (Å²) in [6, 6.07) is 11.2. The van der Waals surface area contributed by atoms with Crippen LogP contribution in [0.2, 0.25) is 0 Å². The quantitative estimate of drug-likeness (QED) is 0.175. The third-order valence-corrected chi connectivity index (χ3v) is 11.3. The number of carbonyl (C=O) groups is 1. The molecular formula is C36H41N7O4S. The van der Waals surface area contributed by atoms with Crippen molar-refractivity contribution >= 4 is 39.3 Å². The Morgan fingerprint density at radius 2 is 1.67 bits per heavy atom. The number of phenolic OH excluding ortho intramolecular Hbond substituents is 1. The summed E-state index contributed by atoms with van der Waals surface area (Å²) in [5.41, 5.74) is 3.82. The molecular weight excluding hydrogens is 627 g/mol. The number of benzene rings is 1. The third kappa shape index (κ3) is 6.21. The Kier molecular flexibility index (Phi) is 9.00. The number of fused-ring (bicyclic) bond motifs is 1. The van der Waals surface area contributed by atoms with Crippen LogP contribution in [0.15, 0.2) is 53.3 Å². The summed E-state index contributed by atoms with van der Waals surface area (Å²) < 4.78 is 10.6. The summed E-state index contributed by atoms with van der Waals surface area (Å²) in [5, 5.41) is 24.6. The van der Waals surface area contributed by atoms with Gasteiger partial charge in [-0.25, -0.2) is 9.97 Å². The molecule has 0 amide bonds. The van der Waals surface area contributed by atoms with Crippen molar-refractivity contribution in [2.24, 2.45) is 5.92 Å². The first-order chi connectivity index (χ1) is 23.3. The number of methoxy groups -OCH3 is 1. The molecule has 5 aromatic rings. The van der Waals surface area contributed by atoms with Crippen molar-refractivity contribution in [3.8, 4) is 17.0 Å². The van der Waals surface area contributed by atoms with E-state index in [0.717, 1.165) is 73.8 Å². The molecule has 0 radical (unpaired) electrons. The molecule has 6 heterocycles. The smallest absolute Gasteiger partial charge is 0.316 e. The van der Waals surface area contributed by atoms with Gasteiger partial charge >= 0.3 is 5.97 Å². The van der Waals surface area contributed by atoms with Gasteiger partial charge in [-0.2, -0.15) is 0 Å².